The van der Waals surface area contributed by atoms with Crippen LogP contribution in [0.3, 0.4) is 0 Å². The summed E-state index contributed by atoms with van der Waals surface area (Å²) in [6.07, 6.45) is 1.72. The lowest BCUT2D eigenvalue weighted by Crippen LogP contribution is -2.21. The average molecular weight is 484 g/mol. The van der Waals surface area contributed by atoms with E-state index in [0.717, 1.165) is 5.56 Å². The van der Waals surface area contributed by atoms with Gasteiger partial charge in [0.2, 0.25) is 21.8 Å². The summed E-state index contributed by atoms with van der Waals surface area (Å²) in [5.41, 5.74) is 1.34. The zero-order chi connectivity index (χ0) is 23.4. The van der Waals surface area contributed by atoms with E-state index < -0.39 is 10.0 Å². The Kier molecular flexibility index (Phi) is 6.35. The molecule has 0 spiro atoms. The van der Waals surface area contributed by atoms with E-state index in [0.29, 0.717) is 16.5 Å². The highest BCUT2D eigenvalue weighted by Crippen LogP contribution is 2.33. The normalized spacial score (nSPS) is 11.2. The summed E-state index contributed by atoms with van der Waals surface area (Å²) >= 11 is 5.89. The molecule has 0 aliphatic heterocycles. The van der Waals surface area contributed by atoms with E-state index in [1.807, 2.05) is 0 Å². The summed E-state index contributed by atoms with van der Waals surface area (Å²) in [6.45, 7) is 0. The molecule has 9 nitrogen and oxygen atoms in total. The van der Waals surface area contributed by atoms with Crippen LogP contribution in [0.25, 0.3) is 17.3 Å². The number of benzene rings is 2. The van der Waals surface area contributed by atoms with Crippen molar-refractivity contribution in [1.82, 2.24) is 14.8 Å². The SMILES string of the molecule is COc1cccc(C#N)c1-n1c(NS(=O)(=O)CCc2ccc(Cl)cc2)nnc1-c1ccco1. The molecule has 0 aliphatic carbocycles. The van der Waals surface area contributed by atoms with Crippen molar-refractivity contribution in [1.29, 1.82) is 5.26 Å². The van der Waals surface area contributed by atoms with Gasteiger partial charge in [-0.25, -0.2) is 8.42 Å². The van der Waals surface area contributed by atoms with Gasteiger partial charge in [0.05, 0.1) is 24.7 Å². The van der Waals surface area contributed by atoms with Crippen LogP contribution < -0.4 is 9.46 Å². The number of furan rings is 1. The molecular formula is C22H18ClN5O4S. The van der Waals surface area contributed by atoms with E-state index in [4.69, 9.17) is 20.8 Å². The Balaban J connectivity index is 1.74. The Hall–Kier alpha value is -3.81. The Labute approximate surface area is 195 Å². The van der Waals surface area contributed by atoms with Crippen LogP contribution in [0.5, 0.6) is 5.75 Å². The van der Waals surface area contributed by atoms with E-state index in [-0.39, 0.29) is 35.2 Å². The largest absolute Gasteiger partial charge is 0.495 e. The number of hydrogen-bond donors (Lipinski definition) is 1. The maximum absolute atomic E-state index is 12.9. The minimum Gasteiger partial charge on any atom is -0.495 e. The predicted molar refractivity (Wildman–Crippen MR) is 123 cm³/mol. The maximum atomic E-state index is 12.9. The van der Waals surface area contributed by atoms with Crippen LogP contribution >= 0.6 is 11.6 Å². The number of halogens is 1. The maximum Gasteiger partial charge on any atom is 0.243 e. The highest BCUT2D eigenvalue weighted by Gasteiger charge is 2.25. The van der Waals surface area contributed by atoms with Crippen LogP contribution in [0, 0.1) is 11.3 Å². The van der Waals surface area contributed by atoms with Gasteiger partial charge < -0.3 is 9.15 Å². The summed E-state index contributed by atoms with van der Waals surface area (Å²) < 4.78 is 40.6. The third kappa shape index (κ3) is 4.84. The van der Waals surface area contributed by atoms with Gasteiger partial charge in [0.25, 0.3) is 0 Å². The van der Waals surface area contributed by atoms with Crippen LogP contribution in [-0.4, -0.2) is 36.0 Å². The first-order chi connectivity index (χ1) is 15.9. The van der Waals surface area contributed by atoms with Crippen molar-refractivity contribution in [3.8, 4) is 29.1 Å². The first-order valence-corrected chi connectivity index (χ1v) is 11.8. The molecule has 0 atom stereocenters. The first-order valence-electron chi connectivity index (χ1n) is 9.73. The van der Waals surface area contributed by atoms with Crippen LogP contribution in [-0.2, 0) is 16.4 Å². The van der Waals surface area contributed by atoms with Gasteiger partial charge in [0.15, 0.2) is 5.76 Å². The number of hydrogen-bond acceptors (Lipinski definition) is 7. The fourth-order valence-electron chi connectivity index (χ4n) is 3.23. The number of nitrogens with one attached hydrogen (secondary N) is 1. The van der Waals surface area contributed by atoms with E-state index in [1.54, 1.807) is 54.6 Å². The highest BCUT2D eigenvalue weighted by molar-refractivity contribution is 7.92. The van der Waals surface area contributed by atoms with Crippen LogP contribution in [0.15, 0.2) is 65.3 Å². The van der Waals surface area contributed by atoms with Crippen molar-refractivity contribution in [3.63, 3.8) is 0 Å². The van der Waals surface area contributed by atoms with Crippen LogP contribution in [0.4, 0.5) is 5.95 Å². The number of aromatic nitrogens is 3. The number of rotatable bonds is 8. The van der Waals surface area contributed by atoms with Gasteiger partial charge in [0.1, 0.15) is 17.5 Å². The molecular weight excluding hydrogens is 466 g/mol. The second kappa shape index (κ2) is 9.36. The lowest BCUT2D eigenvalue weighted by molar-refractivity contribution is 0.413. The monoisotopic (exact) mass is 483 g/mol. The summed E-state index contributed by atoms with van der Waals surface area (Å²) in [4.78, 5) is 0. The fourth-order valence-corrected chi connectivity index (χ4v) is 4.37. The molecule has 2 heterocycles. The van der Waals surface area contributed by atoms with Crippen molar-refractivity contribution >= 4 is 27.6 Å². The minimum atomic E-state index is -3.83. The molecule has 0 radical (unpaired) electrons. The summed E-state index contributed by atoms with van der Waals surface area (Å²) in [5, 5.41) is 18.4. The van der Waals surface area contributed by atoms with Crippen molar-refractivity contribution in [3.05, 3.63) is 77.0 Å². The third-order valence-corrected chi connectivity index (χ3v) is 6.27. The third-order valence-electron chi connectivity index (χ3n) is 4.79. The molecule has 4 rings (SSSR count). The number of methoxy groups -OCH3 is 1. The molecule has 0 saturated heterocycles. The molecule has 0 bridgehead atoms. The molecule has 168 valence electrons. The number of ether oxygens (including phenoxy) is 1. The van der Waals surface area contributed by atoms with Gasteiger partial charge in [-0.05, 0) is 48.4 Å². The lowest BCUT2D eigenvalue weighted by atomic mass is 10.1. The van der Waals surface area contributed by atoms with E-state index in [2.05, 4.69) is 21.0 Å². The second-order valence-electron chi connectivity index (χ2n) is 6.93. The minimum absolute atomic E-state index is 0.0986. The standard InChI is InChI=1S/C22H18ClN5O4S/c1-31-18-5-2-4-16(14-24)20(18)28-21(19-6-3-12-32-19)25-26-22(28)27-33(29,30)13-11-15-7-9-17(23)10-8-15/h2-10,12H,11,13H2,1H3,(H,26,27). The van der Waals surface area contributed by atoms with Crippen molar-refractivity contribution < 1.29 is 17.6 Å². The van der Waals surface area contributed by atoms with Crippen molar-refractivity contribution in [2.24, 2.45) is 0 Å². The van der Waals surface area contributed by atoms with Gasteiger partial charge in [-0.15, -0.1) is 10.2 Å². The molecule has 0 saturated carbocycles. The molecule has 2 aromatic heterocycles. The quantitative estimate of drug-likeness (QED) is 0.401. The molecule has 33 heavy (non-hydrogen) atoms. The number of nitrogens with zero attached hydrogens (tertiary/aromatic N) is 4. The molecule has 0 fully saturated rings. The molecule has 2 aromatic carbocycles. The molecule has 1 N–H and O–H groups in total. The molecule has 0 aliphatic rings. The Morgan fingerprint density at radius 2 is 1.94 bits per heavy atom. The van der Waals surface area contributed by atoms with E-state index in [1.165, 1.54) is 17.9 Å². The highest BCUT2D eigenvalue weighted by atomic mass is 35.5. The average Bonchev–Trinajstić information content (AvgIpc) is 3.48. The molecule has 4 aromatic rings. The number of anilines is 1. The molecule has 0 unspecified atom stereocenters. The predicted octanol–water partition coefficient (Wildman–Crippen LogP) is 4.05. The number of aryl methyl sites for hydroxylation is 1. The van der Waals surface area contributed by atoms with Gasteiger partial charge >= 0.3 is 0 Å². The van der Waals surface area contributed by atoms with Crippen LogP contribution in [0.1, 0.15) is 11.1 Å². The Bertz CT molecular complexity index is 1410. The number of nitriles is 1. The first kappa shape index (κ1) is 22.4. The number of sulfonamides is 1. The Morgan fingerprint density at radius 1 is 1.15 bits per heavy atom. The van der Waals surface area contributed by atoms with Crippen LogP contribution in [0.2, 0.25) is 5.02 Å². The van der Waals surface area contributed by atoms with Gasteiger partial charge in [-0.3, -0.25) is 9.29 Å². The van der Waals surface area contributed by atoms with Gasteiger partial charge in [0, 0.05) is 5.02 Å². The summed E-state index contributed by atoms with van der Waals surface area (Å²) in [5.74, 6) is 0.580. The zero-order valence-corrected chi connectivity index (χ0v) is 19.0. The lowest BCUT2D eigenvalue weighted by Gasteiger charge is -2.15. The summed E-state index contributed by atoms with van der Waals surface area (Å²) in [6, 6.07) is 17.3. The zero-order valence-electron chi connectivity index (χ0n) is 17.4. The smallest absolute Gasteiger partial charge is 0.243 e. The van der Waals surface area contributed by atoms with Crippen molar-refractivity contribution in [2.75, 3.05) is 17.6 Å². The topological polar surface area (TPSA) is 123 Å². The van der Waals surface area contributed by atoms with Gasteiger partial charge in [-0.2, -0.15) is 5.26 Å². The molecule has 0 amide bonds. The number of para-hydroxylation sites is 1. The molecule has 11 heteroatoms. The van der Waals surface area contributed by atoms with Gasteiger partial charge in [-0.1, -0.05) is 29.8 Å². The fraction of sp³-hybridized carbons (Fsp3) is 0.136. The second-order valence-corrected chi connectivity index (χ2v) is 9.20. The van der Waals surface area contributed by atoms with E-state index >= 15 is 0 Å². The van der Waals surface area contributed by atoms with Crippen molar-refractivity contribution in [2.45, 2.75) is 6.42 Å². The summed E-state index contributed by atoms with van der Waals surface area (Å²) in [7, 11) is -2.38. The Morgan fingerprint density at radius 3 is 2.61 bits per heavy atom. The van der Waals surface area contributed by atoms with E-state index in [9.17, 15) is 13.7 Å².